The van der Waals surface area contributed by atoms with Crippen molar-refractivity contribution in [2.75, 3.05) is 12.8 Å². The van der Waals surface area contributed by atoms with E-state index in [1.165, 1.54) is 0 Å². The van der Waals surface area contributed by atoms with Crippen molar-refractivity contribution < 1.29 is 4.74 Å². The highest BCUT2D eigenvalue weighted by Gasteiger charge is 2.15. The van der Waals surface area contributed by atoms with Gasteiger partial charge in [0.25, 0.3) is 0 Å². The lowest BCUT2D eigenvalue weighted by atomic mass is 10.1. The van der Waals surface area contributed by atoms with E-state index in [-0.39, 0.29) is 5.95 Å². The van der Waals surface area contributed by atoms with E-state index in [1.807, 2.05) is 51.6 Å². The Labute approximate surface area is 153 Å². The average molecular weight is 362 g/mol. The molecule has 25 heavy (non-hydrogen) atoms. The molecule has 3 heterocycles. The van der Waals surface area contributed by atoms with Gasteiger partial charge in [-0.2, -0.15) is 4.98 Å². The first-order valence-corrected chi connectivity index (χ1v) is 8.57. The SMILES string of the molecule is CC.COc1c(C)cnc(Cn2cc(C)c3c(Cl)nc(N)nc32)c1C. The van der Waals surface area contributed by atoms with Crippen molar-refractivity contribution in [3.05, 3.63) is 39.9 Å². The van der Waals surface area contributed by atoms with Gasteiger partial charge in [-0.25, -0.2) is 4.98 Å². The fourth-order valence-corrected chi connectivity index (χ4v) is 3.18. The molecule has 0 aliphatic heterocycles. The molecule has 2 N–H and O–H groups in total. The Bertz CT molecular complexity index is 904. The van der Waals surface area contributed by atoms with Crippen LogP contribution in [0.1, 0.15) is 36.2 Å². The van der Waals surface area contributed by atoms with Crippen LogP contribution in [-0.4, -0.2) is 26.6 Å². The zero-order valence-electron chi connectivity index (χ0n) is 15.5. The van der Waals surface area contributed by atoms with Gasteiger partial charge in [0.1, 0.15) is 16.5 Å². The van der Waals surface area contributed by atoms with E-state index in [9.17, 15) is 0 Å². The highest BCUT2D eigenvalue weighted by atomic mass is 35.5. The number of aromatic nitrogens is 4. The number of pyridine rings is 1. The predicted octanol–water partition coefficient (Wildman–Crippen LogP) is 4.07. The van der Waals surface area contributed by atoms with Crippen LogP contribution in [-0.2, 0) is 6.54 Å². The van der Waals surface area contributed by atoms with Crippen molar-refractivity contribution >= 4 is 28.6 Å². The van der Waals surface area contributed by atoms with E-state index < -0.39 is 0 Å². The molecule has 0 radical (unpaired) electrons. The van der Waals surface area contributed by atoms with E-state index in [1.54, 1.807) is 7.11 Å². The maximum atomic E-state index is 6.20. The molecule has 7 heteroatoms. The van der Waals surface area contributed by atoms with Crippen molar-refractivity contribution in [1.29, 1.82) is 0 Å². The van der Waals surface area contributed by atoms with Gasteiger partial charge in [0, 0.05) is 23.5 Å². The van der Waals surface area contributed by atoms with Gasteiger partial charge in [-0.05, 0) is 26.3 Å². The molecule has 0 spiro atoms. The minimum atomic E-state index is 0.160. The quantitative estimate of drug-likeness (QED) is 0.711. The van der Waals surface area contributed by atoms with Crippen LogP contribution in [0.25, 0.3) is 11.0 Å². The van der Waals surface area contributed by atoms with Crippen molar-refractivity contribution in [3.63, 3.8) is 0 Å². The van der Waals surface area contributed by atoms with Crippen LogP contribution in [0, 0.1) is 20.8 Å². The van der Waals surface area contributed by atoms with Crippen LogP contribution >= 0.6 is 11.6 Å². The largest absolute Gasteiger partial charge is 0.496 e. The minimum absolute atomic E-state index is 0.160. The minimum Gasteiger partial charge on any atom is -0.496 e. The molecule has 6 nitrogen and oxygen atoms in total. The second-order valence-electron chi connectivity index (χ2n) is 5.56. The Hall–Kier alpha value is -2.34. The fourth-order valence-electron chi connectivity index (χ4n) is 2.86. The van der Waals surface area contributed by atoms with E-state index in [0.717, 1.165) is 33.5 Å². The third kappa shape index (κ3) is 3.54. The molecule has 134 valence electrons. The molecule has 0 atom stereocenters. The van der Waals surface area contributed by atoms with Crippen molar-refractivity contribution in [2.45, 2.75) is 41.2 Å². The molecule has 3 aromatic heterocycles. The number of methoxy groups -OCH3 is 1. The summed E-state index contributed by atoms with van der Waals surface area (Å²) in [6, 6.07) is 0. The molecule has 0 aliphatic carbocycles. The standard InChI is InChI=1S/C16H18ClN5O.C2H6/c1-8-5-19-11(10(3)13(8)23-4)7-22-6-9(2)12-14(17)20-16(18)21-15(12)22;1-2/h5-6H,7H2,1-4H3,(H2,18,20,21);1-2H3. The summed E-state index contributed by atoms with van der Waals surface area (Å²) in [5.74, 6) is 1.02. The molecule has 3 rings (SSSR count). The monoisotopic (exact) mass is 361 g/mol. The first-order chi connectivity index (χ1) is 11.9. The second kappa shape index (κ2) is 7.70. The van der Waals surface area contributed by atoms with Gasteiger partial charge >= 0.3 is 0 Å². The first kappa shape index (κ1) is 19.0. The van der Waals surface area contributed by atoms with E-state index in [0.29, 0.717) is 17.3 Å². The molecular formula is C18H24ClN5O. The third-order valence-corrected chi connectivity index (χ3v) is 4.22. The maximum Gasteiger partial charge on any atom is 0.223 e. The van der Waals surface area contributed by atoms with Crippen molar-refractivity contribution in [2.24, 2.45) is 0 Å². The Kier molecular flexibility index (Phi) is 5.85. The summed E-state index contributed by atoms with van der Waals surface area (Å²) in [6.45, 7) is 10.5. The van der Waals surface area contributed by atoms with Gasteiger partial charge < -0.3 is 15.0 Å². The summed E-state index contributed by atoms with van der Waals surface area (Å²) in [5.41, 5.74) is 10.4. The Balaban J connectivity index is 0.00000109. The number of nitrogens with zero attached hydrogens (tertiary/aromatic N) is 4. The summed E-state index contributed by atoms with van der Waals surface area (Å²) >= 11 is 6.20. The number of rotatable bonds is 3. The van der Waals surface area contributed by atoms with E-state index in [4.69, 9.17) is 22.1 Å². The van der Waals surface area contributed by atoms with Crippen LogP contribution in [0.15, 0.2) is 12.4 Å². The molecule has 0 bridgehead atoms. The molecule has 0 saturated carbocycles. The highest BCUT2D eigenvalue weighted by molar-refractivity contribution is 6.34. The molecule has 3 aromatic rings. The predicted molar refractivity (Wildman–Crippen MR) is 102 cm³/mol. The molecule has 0 fully saturated rings. The summed E-state index contributed by atoms with van der Waals surface area (Å²) < 4.78 is 7.45. The molecule has 0 amide bonds. The van der Waals surface area contributed by atoms with Crippen molar-refractivity contribution in [3.8, 4) is 5.75 Å². The summed E-state index contributed by atoms with van der Waals surface area (Å²) in [6.07, 6.45) is 3.80. The van der Waals surface area contributed by atoms with Crippen LogP contribution in [0.2, 0.25) is 5.15 Å². The van der Waals surface area contributed by atoms with Crippen LogP contribution in [0.3, 0.4) is 0 Å². The Morgan fingerprint density at radius 2 is 1.84 bits per heavy atom. The first-order valence-electron chi connectivity index (χ1n) is 8.20. The number of nitrogens with two attached hydrogens (primary N) is 1. The van der Waals surface area contributed by atoms with Gasteiger partial charge in [0.05, 0.1) is 24.7 Å². The number of aryl methyl sites for hydroxylation is 2. The zero-order valence-corrected chi connectivity index (χ0v) is 16.3. The number of hydrogen-bond acceptors (Lipinski definition) is 5. The summed E-state index contributed by atoms with van der Waals surface area (Å²) in [7, 11) is 1.67. The zero-order chi connectivity index (χ0) is 18.7. The molecule has 0 aromatic carbocycles. The molecule has 0 saturated heterocycles. The third-order valence-electron chi connectivity index (χ3n) is 3.95. The normalized spacial score (nSPS) is 10.5. The number of anilines is 1. The molecule has 0 aliphatic rings. The number of nitrogen functional groups attached to an aromatic ring is 1. The van der Waals surface area contributed by atoms with Gasteiger partial charge in [-0.1, -0.05) is 25.4 Å². The molecule has 0 unspecified atom stereocenters. The lowest BCUT2D eigenvalue weighted by Crippen LogP contribution is -2.07. The highest BCUT2D eigenvalue weighted by Crippen LogP contribution is 2.29. The van der Waals surface area contributed by atoms with Crippen LogP contribution in [0.4, 0.5) is 5.95 Å². The fraction of sp³-hybridized carbons (Fsp3) is 0.389. The summed E-state index contributed by atoms with van der Waals surface area (Å²) in [4.78, 5) is 12.9. The second-order valence-corrected chi connectivity index (χ2v) is 5.92. The topological polar surface area (TPSA) is 78.8 Å². The van der Waals surface area contributed by atoms with E-state index >= 15 is 0 Å². The summed E-state index contributed by atoms with van der Waals surface area (Å²) in [5, 5.41) is 1.19. The molecular weight excluding hydrogens is 338 g/mol. The van der Waals surface area contributed by atoms with Crippen molar-refractivity contribution in [1.82, 2.24) is 19.5 Å². The number of hydrogen-bond donors (Lipinski definition) is 1. The van der Waals surface area contributed by atoms with E-state index in [2.05, 4.69) is 15.0 Å². The Morgan fingerprint density at radius 1 is 1.16 bits per heavy atom. The number of halogens is 1. The number of ether oxygens (including phenoxy) is 1. The van der Waals surface area contributed by atoms with Crippen LogP contribution < -0.4 is 10.5 Å². The van der Waals surface area contributed by atoms with Gasteiger partial charge in [-0.15, -0.1) is 0 Å². The van der Waals surface area contributed by atoms with Gasteiger partial charge in [0.2, 0.25) is 5.95 Å². The van der Waals surface area contributed by atoms with Gasteiger partial charge in [-0.3, -0.25) is 4.98 Å². The smallest absolute Gasteiger partial charge is 0.223 e. The Morgan fingerprint density at radius 3 is 2.48 bits per heavy atom. The maximum absolute atomic E-state index is 6.20. The average Bonchev–Trinajstić information content (AvgIpc) is 2.88. The van der Waals surface area contributed by atoms with Gasteiger partial charge in [0.15, 0.2) is 0 Å². The number of fused-ring (bicyclic) bond motifs is 1. The van der Waals surface area contributed by atoms with Crippen LogP contribution in [0.5, 0.6) is 5.75 Å². The lowest BCUT2D eigenvalue weighted by Gasteiger charge is -2.13. The lowest BCUT2D eigenvalue weighted by molar-refractivity contribution is 0.406.